The van der Waals surface area contributed by atoms with Crippen LogP contribution in [0.25, 0.3) is 6.08 Å². The molecule has 0 aliphatic heterocycles. The number of aryl methyl sites for hydroxylation is 1. The van der Waals surface area contributed by atoms with Crippen molar-refractivity contribution in [2.24, 2.45) is 0 Å². The molecule has 0 saturated carbocycles. The summed E-state index contributed by atoms with van der Waals surface area (Å²) in [5, 5.41) is 8.69. The molecule has 0 saturated heterocycles. The third-order valence-electron chi connectivity index (χ3n) is 2.57. The van der Waals surface area contributed by atoms with Gasteiger partial charge in [-0.1, -0.05) is 47.7 Å². The van der Waals surface area contributed by atoms with E-state index in [0.29, 0.717) is 0 Å². The van der Waals surface area contributed by atoms with Crippen LogP contribution in [0.2, 0.25) is 0 Å². The highest BCUT2D eigenvalue weighted by Gasteiger charge is 2.02. The standard InChI is InChI=1S/C16H14O2S/c1-12-6-9-14(10-7-12)19-15-5-3-2-4-13(15)8-11-16(17)18/h2-11H,1H3,(H,17,18). The normalized spacial score (nSPS) is 10.8. The van der Waals surface area contributed by atoms with Crippen LogP contribution in [0.1, 0.15) is 11.1 Å². The Labute approximate surface area is 116 Å². The van der Waals surface area contributed by atoms with E-state index in [4.69, 9.17) is 5.11 Å². The molecule has 2 nitrogen and oxygen atoms in total. The molecule has 0 aromatic heterocycles. The Bertz CT molecular complexity index is 600. The molecule has 0 aliphatic rings. The number of carbonyl (C=O) groups is 1. The van der Waals surface area contributed by atoms with Gasteiger partial charge in [0, 0.05) is 15.9 Å². The van der Waals surface area contributed by atoms with Gasteiger partial charge in [0.1, 0.15) is 0 Å². The zero-order chi connectivity index (χ0) is 13.7. The quantitative estimate of drug-likeness (QED) is 0.844. The maximum atomic E-state index is 10.6. The lowest BCUT2D eigenvalue weighted by molar-refractivity contribution is -0.131. The number of benzene rings is 2. The van der Waals surface area contributed by atoms with Crippen LogP contribution in [0.3, 0.4) is 0 Å². The van der Waals surface area contributed by atoms with E-state index in [-0.39, 0.29) is 0 Å². The van der Waals surface area contributed by atoms with Gasteiger partial charge in [-0.3, -0.25) is 0 Å². The lowest BCUT2D eigenvalue weighted by Crippen LogP contribution is -1.86. The molecular formula is C16H14O2S. The number of hydrogen-bond acceptors (Lipinski definition) is 2. The number of carboxylic acid groups (broad SMARTS) is 1. The minimum Gasteiger partial charge on any atom is -0.478 e. The Morgan fingerprint density at radius 2 is 1.79 bits per heavy atom. The molecule has 0 atom stereocenters. The zero-order valence-corrected chi connectivity index (χ0v) is 11.4. The monoisotopic (exact) mass is 270 g/mol. The molecule has 19 heavy (non-hydrogen) atoms. The van der Waals surface area contributed by atoms with E-state index in [1.54, 1.807) is 17.8 Å². The number of rotatable bonds is 4. The van der Waals surface area contributed by atoms with Gasteiger partial charge in [0.25, 0.3) is 0 Å². The molecule has 0 unspecified atom stereocenters. The maximum Gasteiger partial charge on any atom is 0.328 e. The third-order valence-corrected chi connectivity index (χ3v) is 3.67. The van der Waals surface area contributed by atoms with Crippen LogP contribution < -0.4 is 0 Å². The number of hydrogen-bond donors (Lipinski definition) is 1. The molecule has 1 N–H and O–H groups in total. The summed E-state index contributed by atoms with van der Waals surface area (Å²) < 4.78 is 0. The highest BCUT2D eigenvalue weighted by molar-refractivity contribution is 7.99. The van der Waals surface area contributed by atoms with Crippen LogP contribution >= 0.6 is 11.8 Å². The van der Waals surface area contributed by atoms with Crippen LogP contribution in [0, 0.1) is 6.92 Å². The second-order valence-electron chi connectivity index (χ2n) is 4.12. The molecule has 0 spiro atoms. The summed E-state index contributed by atoms with van der Waals surface area (Å²) in [7, 11) is 0. The maximum absolute atomic E-state index is 10.6. The van der Waals surface area contributed by atoms with E-state index >= 15 is 0 Å². The Hall–Kier alpha value is -2.00. The van der Waals surface area contributed by atoms with Gasteiger partial charge in [0.2, 0.25) is 0 Å². The first kappa shape index (κ1) is 13.4. The first-order valence-corrected chi connectivity index (χ1v) is 6.71. The first-order valence-electron chi connectivity index (χ1n) is 5.90. The fraction of sp³-hybridized carbons (Fsp3) is 0.0625. The van der Waals surface area contributed by atoms with Crippen LogP contribution in [0.5, 0.6) is 0 Å². The highest BCUT2D eigenvalue weighted by atomic mass is 32.2. The van der Waals surface area contributed by atoms with E-state index in [2.05, 4.69) is 31.2 Å². The third kappa shape index (κ3) is 4.00. The Kier molecular flexibility index (Phi) is 4.42. The van der Waals surface area contributed by atoms with E-state index < -0.39 is 5.97 Å². The largest absolute Gasteiger partial charge is 0.478 e. The SMILES string of the molecule is Cc1ccc(Sc2ccccc2C=CC(=O)O)cc1. The van der Waals surface area contributed by atoms with Crippen molar-refractivity contribution in [1.82, 2.24) is 0 Å². The van der Waals surface area contributed by atoms with Crippen LogP contribution in [0.15, 0.2) is 64.4 Å². The topological polar surface area (TPSA) is 37.3 Å². The lowest BCUT2D eigenvalue weighted by atomic mass is 10.2. The van der Waals surface area contributed by atoms with E-state index in [1.165, 1.54) is 5.56 Å². The van der Waals surface area contributed by atoms with Crippen molar-refractivity contribution < 1.29 is 9.90 Å². The van der Waals surface area contributed by atoms with Gasteiger partial charge < -0.3 is 5.11 Å². The van der Waals surface area contributed by atoms with Gasteiger partial charge in [-0.15, -0.1) is 0 Å². The summed E-state index contributed by atoms with van der Waals surface area (Å²) in [5.41, 5.74) is 2.14. The number of carboxylic acids is 1. The molecule has 0 amide bonds. The van der Waals surface area contributed by atoms with Crippen molar-refractivity contribution in [3.8, 4) is 0 Å². The van der Waals surface area contributed by atoms with Crippen molar-refractivity contribution >= 4 is 23.8 Å². The molecule has 96 valence electrons. The lowest BCUT2D eigenvalue weighted by Gasteiger charge is -2.05. The van der Waals surface area contributed by atoms with Gasteiger partial charge in [0.05, 0.1) is 0 Å². The fourth-order valence-electron chi connectivity index (χ4n) is 1.61. The van der Waals surface area contributed by atoms with E-state index in [1.807, 2.05) is 24.3 Å². The number of aliphatic carboxylic acids is 1. The first-order chi connectivity index (χ1) is 9.15. The average Bonchev–Trinajstić information content (AvgIpc) is 2.40. The molecule has 0 aliphatic carbocycles. The molecule has 2 rings (SSSR count). The van der Waals surface area contributed by atoms with E-state index in [9.17, 15) is 4.79 Å². The molecular weight excluding hydrogens is 256 g/mol. The smallest absolute Gasteiger partial charge is 0.328 e. The zero-order valence-electron chi connectivity index (χ0n) is 10.5. The summed E-state index contributed by atoms with van der Waals surface area (Å²) in [5.74, 6) is -0.935. The molecule has 3 heteroatoms. The predicted octanol–water partition coefficient (Wildman–Crippen LogP) is 4.24. The van der Waals surface area contributed by atoms with Gasteiger partial charge in [-0.25, -0.2) is 4.79 Å². The fourth-order valence-corrected chi connectivity index (χ4v) is 2.53. The molecule has 0 bridgehead atoms. The van der Waals surface area contributed by atoms with Crippen molar-refractivity contribution in [3.63, 3.8) is 0 Å². The summed E-state index contributed by atoms with van der Waals surface area (Å²) in [6, 6.07) is 16.0. The highest BCUT2D eigenvalue weighted by Crippen LogP contribution is 2.31. The predicted molar refractivity (Wildman–Crippen MR) is 78.4 cm³/mol. The van der Waals surface area contributed by atoms with Crippen LogP contribution in [0.4, 0.5) is 0 Å². The minimum atomic E-state index is -0.935. The van der Waals surface area contributed by atoms with Crippen molar-refractivity contribution in [2.75, 3.05) is 0 Å². The van der Waals surface area contributed by atoms with Gasteiger partial charge >= 0.3 is 5.97 Å². The summed E-state index contributed by atoms with van der Waals surface area (Å²) in [6.45, 7) is 2.05. The molecule has 0 radical (unpaired) electrons. The van der Waals surface area contributed by atoms with Crippen LogP contribution in [-0.4, -0.2) is 11.1 Å². The molecule has 2 aromatic carbocycles. The molecule has 2 aromatic rings. The van der Waals surface area contributed by atoms with Gasteiger partial charge in [0.15, 0.2) is 0 Å². The average molecular weight is 270 g/mol. The summed E-state index contributed by atoms with van der Waals surface area (Å²) in [6.07, 6.45) is 2.79. The Morgan fingerprint density at radius 3 is 2.47 bits per heavy atom. The van der Waals surface area contributed by atoms with Crippen molar-refractivity contribution in [2.45, 2.75) is 16.7 Å². The van der Waals surface area contributed by atoms with Gasteiger partial charge in [-0.2, -0.15) is 0 Å². The Balaban J connectivity index is 2.24. The van der Waals surface area contributed by atoms with Gasteiger partial charge in [-0.05, 0) is 36.8 Å². The van der Waals surface area contributed by atoms with Crippen molar-refractivity contribution in [1.29, 1.82) is 0 Å². The van der Waals surface area contributed by atoms with Crippen molar-refractivity contribution in [3.05, 3.63) is 65.7 Å². The molecule has 0 heterocycles. The summed E-state index contributed by atoms with van der Waals surface area (Å²) in [4.78, 5) is 12.8. The van der Waals surface area contributed by atoms with E-state index in [0.717, 1.165) is 21.4 Å². The summed E-state index contributed by atoms with van der Waals surface area (Å²) >= 11 is 1.63. The minimum absolute atomic E-state index is 0.912. The Morgan fingerprint density at radius 1 is 1.11 bits per heavy atom. The second kappa shape index (κ2) is 6.25. The van der Waals surface area contributed by atoms with Crippen LogP contribution in [-0.2, 0) is 4.79 Å². The molecule has 0 fully saturated rings. The second-order valence-corrected chi connectivity index (χ2v) is 5.24.